The lowest BCUT2D eigenvalue weighted by atomic mass is 9.79. The standard InChI is InChI=1S/C30H28N4O3/c35-25(18-34-24(19-5-2-1-3-6-19)10-11-29(12-13-29)28(34)37)32-22-9-8-20-16-30(17-21(20)15-22)23-7-4-14-31-26(23)33-27(30)36/h1-9,14-15,24H,10-13,16-18H2,(H,32,35)(H,31,33,36). The number of amides is 3. The molecule has 2 aromatic carbocycles. The van der Waals surface area contributed by atoms with Gasteiger partial charge in [0.1, 0.15) is 12.4 Å². The molecule has 0 bridgehead atoms. The van der Waals surface area contributed by atoms with Crippen LogP contribution >= 0.6 is 0 Å². The van der Waals surface area contributed by atoms with Crippen molar-refractivity contribution in [1.82, 2.24) is 9.88 Å². The van der Waals surface area contributed by atoms with Crippen molar-refractivity contribution in [2.45, 2.75) is 50.0 Å². The predicted molar refractivity (Wildman–Crippen MR) is 139 cm³/mol. The van der Waals surface area contributed by atoms with E-state index in [1.54, 1.807) is 11.1 Å². The van der Waals surface area contributed by atoms with Crippen molar-refractivity contribution in [3.05, 3.63) is 89.1 Å². The molecule has 4 aliphatic rings. The van der Waals surface area contributed by atoms with Gasteiger partial charge in [-0.25, -0.2) is 4.98 Å². The Bertz CT molecular complexity index is 1450. The number of carbonyl (C=O) groups is 3. The van der Waals surface area contributed by atoms with Crippen LogP contribution in [0.3, 0.4) is 0 Å². The van der Waals surface area contributed by atoms with Crippen molar-refractivity contribution in [1.29, 1.82) is 0 Å². The van der Waals surface area contributed by atoms with Crippen molar-refractivity contribution in [3.8, 4) is 0 Å². The molecule has 3 amide bonds. The molecule has 3 aromatic rings. The Labute approximate surface area is 215 Å². The minimum Gasteiger partial charge on any atom is -0.326 e. The molecule has 1 saturated heterocycles. The van der Waals surface area contributed by atoms with Crippen molar-refractivity contribution in [2.24, 2.45) is 5.41 Å². The van der Waals surface area contributed by atoms with Gasteiger partial charge < -0.3 is 15.5 Å². The fourth-order valence-electron chi connectivity index (χ4n) is 6.64. The molecule has 186 valence electrons. The summed E-state index contributed by atoms with van der Waals surface area (Å²) in [5.41, 5.74) is 3.97. The number of pyridine rings is 1. The number of carbonyl (C=O) groups excluding carboxylic acids is 3. The van der Waals surface area contributed by atoms with Gasteiger partial charge in [-0.15, -0.1) is 0 Å². The summed E-state index contributed by atoms with van der Waals surface area (Å²) in [5, 5.41) is 5.96. The molecule has 2 fully saturated rings. The Morgan fingerprint density at radius 3 is 2.62 bits per heavy atom. The Hall–Kier alpha value is -4.00. The molecule has 7 heteroatoms. The van der Waals surface area contributed by atoms with Gasteiger partial charge in [-0.1, -0.05) is 42.5 Å². The lowest BCUT2D eigenvalue weighted by molar-refractivity contribution is -0.146. The fraction of sp³-hybridized carbons (Fsp3) is 0.333. The van der Waals surface area contributed by atoms with E-state index in [1.807, 2.05) is 60.7 Å². The summed E-state index contributed by atoms with van der Waals surface area (Å²) in [6.07, 6.45) is 6.48. The van der Waals surface area contributed by atoms with E-state index < -0.39 is 5.41 Å². The summed E-state index contributed by atoms with van der Waals surface area (Å²) in [6.45, 7) is 0.0304. The van der Waals surface area contributed by atoms with Gasteiger partial charge >= 0.3 is 0 Å². The summed E-state index contributed by atoms with van der Waals surface area (Å²) in [7, 11) is 0. The summed E-state index contributed by atoms with van der Waals surface area (Å²) in [6, 6.07) is 19.6. The Kier molecular flexibility index (Phi) is 4.80. The third-order valence-electron chi connectivity index (χ3n) is 8.80. The molecular weight excluding hydrogens is 464 g/mol. The molecule has 7 rings (SSSR count). The van der Waals surface area contributed by atoms with Crippen LogP contribution < -0.4 is 10.6 Å². The first-order valence-corrected chi connectivity index (χ1v) is 13.0. The summed E-state index contributed by atoms with van der Waals surface area (Å²) in [5.74, 6) is 0.528. The molecule has 7 nitrogen and oxygen atoms in total. The largest absolute Gasteiger partial charge is 0.326 e. The van der Waals surface area contributed by atoms with Gasteiger partial charge in [0.15, 0.2) is 0 Å². The Morgan fingerprint density at radius 2 is 1.81 bits per heavy atom. The number of aromatic nitrogens is 1. The SMILES string of the molecule is O=C(CN1C(=O)C2(CCC1c1ccccc1)CC2)Nc1ccc2c(c1)CC1(C2)C(=O)Nc2ncccc21. The van der Waals surface area contributed by atoms with Crippen LogP contribution in [0.25, 0.3) is 0 Å². The zero-order valence-corrected chi connectivity index (χ0v) is 20.5. The van der Waals surface area contributed by atoms with Gasteiger partial charge in [-0.3, -0.25) is 14.4 Å². The zero-order chi connectivity index (χ0) is 25.2. The van der Waals surface area contributed by atoms with Crippen molar-refractivity contribution >= 4 is 29.2 Å². The lowest BCUT2D eigenvalue weighted by Gasteiger charge is -2.39. The fourth-order valence-corrected chi connectivity index (χ4v) is 6.64. The molecular formula is C30H28N4O3. The number of fused-ring (bicyclic) bond motifs is 3. The van der Waals surface area contributed by atoms with Crippen molar-refractivity contribution in [3.63, 3.8) is 0 Å². The maximum Gasteiger partial charge on any atom is 0.244 e. The molecule has 3 heterocycles. The number of rotatable bonds is 4. The quantitative estimate of drug-likeness (QED) is 0.572. The van der Waals surface area contributed by atoms with Crippen LogP contribution in [0.5, 0.6) is 0 Å². The number of anilines is 2. The first-order chi connectivity index (χ1) is 18.0. The molecule has 2 N–H and O–H groups in total. The van der Waals surface area contributed by atoms with E-state index in [2.05, 4.69) is 15.6 Å². The number of hydrogen-bond donors (Lipinski definition) is 2. The van der Waals surface area contributed by atoms with Crippen LogP contribution in [0.4, 0.5) is 11.5 Å². The summed E-state index contributed by atoms with van der Waals surface area (Å²) < 4.78 is 0. The van der Waals surface area contributed by atoms with Crippen LogP contribution in [0.1, 0.15) is 54.0 Å². The molecule has 2 unspecified atom stereocenters. The second-order valence-electron chi connectivity index (χ2n) is 11.0. The maximum absolute atomic E-state index is 13.4. The Morgan fingerprint density at radius 1 is 1.00 bits per heavy atom. The molecule has 2 atom stereocenters. The van der Waals surface area contributed by atoms with Crippen LogP contribution in [0, 0.1) is 5.41 Å². The second kappa shape index (κ2) is 8.00. The van der Waals surface area contributed by atoms with Crippen molar-refractivity contribution in [2.75, 3.05) is 17.2 Å². The molecule has 2 aliphatic heterocycles. The normalized spacial score (nSPS) is 24.6. The number of nitrogens with one attached hydrogen (secondary N) is 2. The average molecular weight is 493 g/mol. The van der Waals surface area contributed by atoms with Crippen LogP contribution in [0.15, 0.2) is 66.9 Å². The minimum absolute atomic E-state index is 0.0208. The third kappa shape index (κ3) is 3.48. The lowest BCUT2D eigenvalue weighted by Crippen LogP contribution is -2.47. The second-order valence-corrected chi connectivity index (χ2v) is 11.0. The van der Waals surface area contributed by atoms with Crippen LogP contribution in [-0.4, -0.2) is 34.2 Å². The van der Waals surface area contributed by atoms with Gasteiger partial charge in [-0.05, 0) is 73.4 Å². The van der Waals surface area contributed by atoms with E-state index in [1.165, 1.54) is 0 Å². The van der Waals surface area contributed by atoms with E-state index in [4.69, 9.17) is 0 Å². The smallest absolute Gasteiger partial charge is 0.244 e. The molecule has 37 heavy (non-hydrogen) atoms. The molecule has 1 saturated carbocycles. The van der Waals surface area contributed by atoms with Crippen molar-refractivity contribution < 1.29 is 14.4 Å². The summed E-state index contributed by atoms with van der Waals surface area (Å²) in [4.78, 5) is 45.7. The number of nitrogens with zero attached hydrogens (tertiary/aromatic N) is 2. The number of hydrogen-bond acceptors (Lipinski definition) is 4. The maximum atomic E-state index is 13.4. The number of benzene rings is 2. The van der Waals surface area contributed by atoms with Gasteiger partial charge in [0.2, 0.25) is 17.7 Å². The van der Waals surface area contributed by atoms with Gasteiger partial charge in [-0.2, -0.15) is 0 Å². The van der Waals surface area contributed by atoms with E-state index in [0.717, 1.165) is 47.9 Å². The van der Waals surface area contributed by atoms with Gasteiger partial charge in [0, 0.05) is 22.9 Å². The third-order valence-corrected chi connectivity index (χ3v) is 8.80. The topological polar surface area (TPSA) is 91.4 Å². The van der Waals surface area contributed by atoms with Gasteiger partial charge in [0.05, 0.1) is 11.5 Å². The average Bonchev–Trinajstić information content (AvgIpc) is 3.51. The minimum atomic E-state index is -0.643. The highest BCUT2D eigenvalue weighted by molar-refractivity contribution is 6.06. The van der Waals surface area contributed by atoms with E-state index in [0.29, 0.717) is 24.3 Å². The van der Waals surface area contributed by atoms with E-state index >= 15 is 0 Å². The first-order valence-electron chi connectivity index (χ1n) is 13.0. The zero-order valence-electron chi connectivity index (χ0n) is 20.5. The molecule has 1 aromatic heterocycles. The molecule has 0 radical (unpaired) electrons. The highest BCUT2D eigenvalue weighted by Crippen LogP contribution is 2.56. The predicted octanol–water partition coefficient (Wildman–Crippen LogP) is 4.15. The molecule has 2 aliphatic carbocycles. The monoisotopic (exact) mass is 492 g/mol. The van der Waals surface area contributed by atoms with E-state index in [-0.39, 0.29) is 35.7 Å². The molecule has 2 spiro atoms. The highest BCUT2D eigenvalue weighted by atomic mass is 16.2. The Balaban J connectivity index is 1.10. The summed E-state index contributed by atoms with van der Waals surface area (Å²) >= 11 is 0. The van der Waals surface area contributed by atoms with Gasteiger partial charge in [0.25, 0.3) is 0 Å². The highest BCUT2D eigenvalue weighted by Gasteiger charge is 2.55. The first kappa shape index (κ1) is 22.2. The number of piperidine rings is 1. The van der Waals surface area contributed by atoms with Crippen LogP contribution in [0.2, 0.25) is 0 Å². The number of likely N-dealkylation sites (tertiary alicyclic amines) is 1. The van der Waals surface area contributed by atoms with E-state index in [9.17, 15) is 14.4 Å². The van der Waals surface area contributed by atoms with Crippen LogP contribution in [-0.2, 0) is 32.6 Å².